The van der Waals surface area contributed by atoms with E-state index in [1.807, 2.05) is 0 Å². The van der Waals surface area contributed by atoms with Crippen molar-refractivity contribution < 1.29 is 4.52 Å². The highest BCUT2D eigenvalue weighted by molar-refractivity contribution is 5.40. The number of terminal acetylenes is 1. The van der Waals surface area contributed by atoms with Crippen LogP contribution in [0.2, 0.25) is 0 Å². The van der Waals surface area contributed by atoms with E-state index < -0.39 is 0 Å². The molecule has 0 spiro atoms. The number of hydrogen-bond donors (Lipinski definition) is 1. The Morgan fingerprint density at radius 2 is 2.32 bits per heavy atom. The number of aromatic amines is 1. The first kappa shape index (κ1) is 11.9. The van der Waals surface area contributed by atoms with Crippen molar-refractivity contribution in [2.75, 3.05) is 19.6 Å². The van der Waals surface area contributed by atoms with Crippen LogP contribution in [0.25, 0.3) is 11.6 Å². The van der Waals surface area contributed by atoms with Crippen LogP contribution in [0.1, 0.15) is 24.7 Å². The molecule has 2 aromatic heterocycles. The fraction of sp³-hybridized carbons (Fsp3) is 0.462. The van der Waals surface area contributed by atoms with Crippen molar-refractivity contribution in [3.63, 3.8) is 0 Å². The summed E-state index contributed by atoms with van der Waals surface area (Å²) in [7, 11) is 0. The molecule has 0 aliphatic carbocycles. The first-order valence-corrected chi connectivity index (χ1v) is 6.36. The second-order valence-corrected chi connectivity index (χ2v) is 4.65. The predicted octanol–water partition coefficient (Wildman–Crippen LogP) is 1.27. The van der Waals surface area contributed by atoms with E-state index in [2.05, 4.69) is 30.9 Å². The third-order valence-electron chi connectivity index (χ3n) is 3.40. The maximum Gasteiger partial charge on any atom is 0.238 e. The zero-order chi connectivity index (χ0) is 13.1. The number of aromatic nitrogens is 4. The molecule has 3 rings (SSSR count). The van der Waals surface area contributed by atoms with E-state index in [1.54, 1.807) is 12.4 Å². The van der Waals surface area contributed by atoms with E-state index in [1.165, 1.54) is 0 Å². The van der Waals surface area contributed by atoms with Gasteiger partial charge in [-0.3, -0.25) is 4.90 Å². The molecule has 6 nitrogen and oxygen atoms in total. The van der Waals surface area contributed by atoms with Gasteiger partial charge >= 0.3 is 0 Å². The van der Waals surface area contributed by atoms with Crippen molar-refractivity contribution in [3.8, 4) is 24.0 Å². The Morgan fingerprint density at radius 3 is 3.00 bits per heavy atom. The predicted molar refractivity (Wildman–Crippen MR) is 69.1 cm³/mol. The van der Waals surface area contributed by atoms with E-state index in [9.17, 15) is 0 Å². The van der Waals surface area contributed by atoms with Crippen LogP contribution < -0.4 is 0 Å². The minimum Gasteiger partial charge on any atom is -0.342 e. The number of nitrogens with one attached hydrogen (secondary N) is 1. The van der Waals surface area contributed by atoms with Gasteiger partial charge in [0.25, 0.3) is 0 Å². The first-order valence-electron chi connectivity index (χ1n) is 6.36. The smallest absolute Gasteiger partial charge is 0.238 e. The topological polar surface area (TPSA) is 70.8 Å². The van der Waals surface area contributed by atoms with Crippen LogP contribution in [0.4, 0.5) is 0 Å². The van der Waals surface area contributed by atoms with Gasteiger partial charge in [-0.2, -0.15) is 4.98 Å². The number of piperidine rings is 1. The van der Waals surface area contributed by atoms with Gasteiger partial charge in [0.15, 0.2) is 5.82 Å². The van der Waals surface area contributed by atoms with Crippen LogP contribution in [0.15, 0.2) is 16.9 Å². The Labute approximate surface area is 111 Å². The number of likely N-dealkylation sites (tertiary alicyclic amines) is 1. The molecule has 1 aliphatic rings. The molecule has 2 aromatic rings. The van der Waals surface area contributed by atoms with Crippen LogP contribution in [0, 0.1) is 12.3 Å². The summed E-state index contributed by atoms with van der Waals surface area (Å²) in [5.41, 5.74) is 0. The van der Waals surface area contributed by atoms with Gasteiger partial charge < -0.3 is 9.51 Å². The van der Waals surface area contributed by atoms with Gasteiger partial charge in [0, 0.05) is 18.3 Å². The number of H-pyrrole nitrogens is 1. The Kier molecular flexibility index (Phi) is 3.29. The summed E-state index contributed by atoms with van der Waals surface area (Å²) >= 11 is 0. The van der Waals surface area contributed by atoms with Crippen molar-refractivity contribution in [1.29, 1.82) is 0 Å². The molecule has 3 heterocycles. The van der Waals surface area contributed by atoms with Crippen molar-refractivity contribution in [2.24, 2.45) is 0 Å². The number of hydrogen-bond acceptors (Lipinski definition) is 5. The fourth-order valence-electron chi connectivity index (χ4n) is 2.35. The van der Waals surface area contributed by atoms with Crippen molar-refractivity contribution >= 4 is 0 Å². The van der Waals surface area contributed by atoms with Gasteiger partial charge in [-0.05, 0) is 25.9 Å². The quantitative estimate of drug-likeness (QED) is 0.838. The van der Waals surface area contributed by atoms with Gasteiger partial charge in [0.1, 0.15) is 0 Å². The zero-order valence-electron chi connectivity index (χ0n) is 10.5. The molecule has 0 atom stereocenters. The third kappa shape index (κ3) is 2.51. The fourth-order valence-corrected chi connectivity index (χ4v) is 2.35. The molecular formula is C13H15N5O. The molecule has 0 amide bonds. The highest BCUT2D eigenvalue weighted by Crippen LogP contribution is 2.27. The molecule has 1 N–H and O–H groups in total. The maximum absolute atomic E-state index is 5.34. The normalized spacial score (nSPS) is 17.4. The first-order chi connectivity index (χ1) is 9.36. The second-order valence-electron chi connectivity index (χ2n) is 4.65. The molecule has 0 unspecified atom stereocenters. The molecular weight excluding hydrogens is 242 g/mol. The van der Waals surface area contributed by atoms with E-state index >= 15 is 0 Å². The summed E-state index contributed by atoms with van der Waals surface area (Å²) in [6.45, 7) is 2.68. The summed E-state index contributed by atoms with van der Waals surface area (Å²) in [4.78, 5) is 13.8. The van der Waals surface area contributed by atoms with E-state index in [0.717, 1.165) is 25.9 Å². The van der Waals surface area contributed by atoms with Crippen LogP contribution >= 0.6 is 0 Å². The van der Waals surface area contributed by atoms with Crippen molar-refractivity contribution in [3.05, 3.63) is 18.3 Å². The van der Waals surface area contributed by atoms with Crippen LogP contribution in [0.3, 0.4) is 0 Å². The van der Waals surface area contributed by atoms with E-state index in [-0.39, 0.29) is 0 Å². The molecule has 0 bridgehead atoms. The monoisotopic (exact) mass is 257 g/mol. The van der Waals surface area contributed by atoms with Crippen LogP contribution in [-0.2, 0) is 0 Å². The lowest BCUT2D eigenvalue weighted by atomic mass is 9.97. The number of imidazole rings is 1. The molecule has 1 aliphatic heterocycles. The Morgan fingerprint density at radius 1 is 1.47 bits per heavy atom. The van der Waals surface area contributed by atoms with Gasteiger partial charge in [-0.15, -0.1) is 6.42 Å². The largest absolute Gasteiger partial charge is 0.342 e. The van der Waals surface area contributed by atoms with Gasteiger partial charge in [-0.25, -0.2) is 4.98 Å². The molecule has 1 fully saturated rings. The molecule has 0 aromatic carbocycles. The van der Waals surface area contributed by atoms with Crippen LogP contribution in [0.5, 0.6) is 0 Å². The standard InChI is InChI=1S/C13H15N5O/c1-2-7-18-8-3-10(4-9-18)13-16-12(17-19-13)11-14-5-6-15-11/h1,5-6,10H,3-4,7-9H2,(H,14,15). The molecule has 0 radical (unpaired) electrons. The summed E-state index contributed by atoms with van der Waals surface area (Å²) in [5.74, 6) is 4.86. The summed E-state index contributed by atoms with van der Waals surface area (Å²) < 4.78 is 5.34. The van der Waals surface area contributed by atoms with Crippen molar-refractivity contribution in [1.82, 2.24) is 25.0 Å². The average molecular weight is 257 g/mol. The zero-order valence-corrected chi connectivity index (χ0v) is 10.5. The van der Waals surface area contributed by atoms with Crippen LogP contribution in [-0.4, -0.2) is 44.6 Å². The highest BCUT2D eigenvalue weighted by atomic mass is 16.5. The summed E-state index contributed by atoms with van der Waals surface area (Å²) in [5, 5.41) is 3.96. The number of nitrogens with zero attached hydrogens (tertiary/aromatic N) is 4. The minimum absolute atomic E-state index is 0.324. The molecule has 1 saturated heterocycles. The SMILES string of the molecule is C#CCN1CCC(c2nc(-c3ncc[nH]3)no2)CC1. The molecule has 0 saturated carbocycles. The molecule has 19 heavy (non-hydrogen) atoms. The Bertz CT molecular complexity index is 560. The highest BCUT2D eigenvalue weighted by Gasteiger charge is 2.25. The lowest BCUT2D eigenvalue weighted by Crippen LogP contribution is -2.33. The second kappa shape index (κ2) is 5.24. The van der Waals surface area contributed by atoms with Gasteiger partial charge in [-0.1, -0.05) is 11.1 Å². The minimum atomic E-state index is 0.324. The lowest BCUT2D eigenvalue weighted by molar-refractivity contribution is 0.212. The summed E-state index contributed by atoms with van der Waals surface area (Å²) in [6.07, 6.45) is 10.7. The Hall–Kier alpha value is -2.13. The lowest BCUT2D eigenvalue weighted by Gasteiger charge is -2.28. The van der Waals surface area contributed by atoms with Crippen molar-refractivity contribution in [2.45, 2.75) is 18.8 Å². The molecule has 6 heteroatoms. The maximum atomic E-state index is 5.34. The van der Waals surface area contributed by atoms with Gasteiger partial charge in [0.2, 0.25) is 11.7 Å². The van der Waals surface area contributed by atoms with Gasteiger partial charge in [0.05, 0.1) is 6.54 Å². The molecule has 98 valence electrons. The van der Waals surface area contributed by atoms with E-state index in [4.69, 9.17) is 10.9 Å². The number of rotatable bonds is 3. The summed E-state index contributed by atoms with van der Waals surface area (Å²) in [6, 6.07) is 0. The third-order valence-corrected chi connectivity index (χ3v) is 3.40. The average Bonchev–Trinajstić information content (AvgIpc) is 3.11. The van der Waals surface area contributed by atoms with E-state index in [0.29, 0.717) is 30.0 Å². The Balaban J connectivity index is 1.66.